The van der Waals surface area contributed by atoms with Gasteiger partial charge in [0, 0.05) is 11.9 Å². The van der Waals surface area contributed by atoms with E-state index >= 15 is 0 Å². The van der Waals surface area contributed by atoms with E-state index in [9.17, 15) is 0 Å². The van der Waals surface area contributed by atoms with E-state index in [1.54, 1.807) is 0 Å². The first-order valence-corrected chi connectivity index (χ1v) is 15.4. The van der Waals surface area contributed by atoms with E-state index in [1.807, 2.05) is 24.4 Å². The summed E-state index contributed by atoms with van der Waals surface area (Å²) >= 11 is 0. The van der Waals surface area contributed by atoms with Gasteiger partial charge < -0.3 is 10.6 Å². The third-order valence-corrected chi connectivity index (χ3v) is 7.92. The van der Waals surface area contributed by atoms with Gasteiger partial charge in [-0.2, -0.15) is 0 Å². The van der Waals surface area contributed by atoms with Gasteiger partial charge in [-0.1, -0.05) is 138 Å². The van der Waals surface area contributed by atoms with Gasteiger partial charge in [-0.05, 0) is 45.7 Å². The molecule has 0 radical (unpaired) electrons. The van der Waals surface area contributed by atoms with Crippen LogP contribution in [-0.2, 0) is 31.9 Å². The minimum atomic E-state index is -0.0723. The standard InChI is InChI=1S/C26H24N.C13H20N2.Ir/c1-16(2)11-17-12-20-9-10-27-25-21-14-18-7-5-6-8-19(18)15-22(21)26(3,4)23(13-17)24(20)25;1-10(2)14-13(15-11(3)4)12-8-6-5-7-9-12;/h5-10,12-13,15-16H,11H2,1-4H3;5-11,13H,1-4H3;/q-1;-2;+3. The van der Waals surface area contributed by atoms with Crippen molar-refractivity contribution in [1.29, 1.82) is 0 Å². The zero-order valence-electron chi connectivity index (χ0n) is 26.8. The molecule has 0 atom stereocenters. The zero-order valence-corrected chi connectivity index (χ0v) is 29.2. The van der Waals surface area contributed by atoms with E-state index in [-0.39, 0.29) is 31.7 Å². The third-order valence-electron chi connectivity index (χ3n) is 7.92. The Labute approximate surface area is 272 Å². The van der Waals surface area contributed by atoms with Crippen LogP contribution < -0.4 is 0 Å². The van der Waals surface area contributed by atoms with Gasteiger partial charge in [0.2, 0.25) is 0 Å². The Balaban J connectivity index is 0.000000228. The molecule has 0 unspecified atom stereocenters. The molecule has 6 rings (SSSR count). The van der Waals surface area contributed by atoms with Crippen LogP contribution in [0, 0.1) is 12.0 Å². The van der Waals surface area contributed by atoms with Crippen molar-refractivity contribution < 1.29 is 20.1 Å². The summed E-state index contributed by atoms with van der Waals surface area (Å²) in [5.74, 6) is 0.646. The van der Waals surface area contributed by atoms with Crippen LogP contribution in [0.2, 0.25) is 0 Å². The summed E-state index contributed by atoms with van der Waals surface area (Å²) in [5.41, 5.74) is 7.50. The van der Waals surface area contributed by atoms with E-state index in [1.165, 1.54) is 38.4 Å². The summed E-state index contributed by atoms with van der Waals surface area (Å²) in [5, 5.41) is 14.2. The van der Waals surface area contributed by atoms with Crippen LogP contribution in [0.25, 0.3) is 43.4 Å². The molecule has 1 aromatic heterocycles. The van der Waals surface area contributed by atoms with Crippen molar-refractivity contribution in [3.05, 3.63) is 124 Å². The number of hydrogen-bond acceptors (Lipinski definition) is 1. The van der Waals surface area contributed by atoms with Crippen LogP contribution >= 0.6 is 0 Å². The first-order chi connectivity index (χ1) is 20.0. The van der Waals surface area contributed by atoms with Crippen molar-refractivity contribution in [2.24, 2.45) is 5.92 Å². The summed E-state index contributed by atoms with van der Waals surface area (Å²) in [6.45, 7) is 17.6. The molecule has 4 aromatic carbocycles. The maximum absolute atomic E-state index is 4.81. The van der Waals surface area contributed by atoms with Gasteiger partial charge in [0.25, 0.3) is 0 Å². The van der Waals surface area contributed by atoms with Crippen LogP contribution in [0.1, 0.15) is 83.8 Å². The third kappa shape index (κ3) is 7.27. The van der Waals surface area contributed by atoms with Crippen molar-refractivity contribution in [3.8, 4) is 11.3 Å². The summed E-state index contributed by atoms with van der Waals surface area (Å²) in [6.07, 6.45) is 3.05. The number of rotatable bonds is 7. The van der Waals surface area contributed by atoms with Crippen molar-refractivity contribution in [3.63, 3.8) is 0 Å². The van der Waals surface area contributed by atoms with Crippen molar-refractivity contribution >= 4 is 21.5 Å². The number of pyridine rings is 1. The van der Waals surface area contributed by atoms with E-state index in [0.29, 0.717) is 18.0 Å². The Bertz CT molecular complexity index is 1660. The quantitative estimate of drug-likeness (QED) is 0.153. The largest absolute Gasteiger partial charge is 3.00 e. The fraction of sp³-hybridized carbons (Fsp3) is 0.359. The van der Waals surface area contributed by atoms with E-state index in [0.717, 1.165) is 23.1 Å². The molecule has 3 nitrogen and oxygen atoms in total. The van der Waals surface area contributed by atoms with Gasteiger partial charge in [-0.15, -0.1) is 35.7 Å². The number of nitrogens with zero attached hydrogens (tertiary/aromatic N) is 3. The fourth-order valence-corrected chi connectivity index (χ4v) is 6.04. The fourth-order valence-electron chi connectivity index (χ4n) is 6.04. The first kappa shape index (κ1) is 33.0. The van der Waals surface area contributed by atoms with Gasteiger partial charge in [-0.25, -0.2) is 6.17 Å². The molecule has 1 aliphatic carbocycles. The molecule has 224 valence electrons. The molecule has 1 heterocycles. The smallest absolute Gasteiger partial charge is 0.672 e. The van der Waals surface area contributed by atoms with E-state index in [2.05, 4.69) is 133 Å². The summed E-state index contributed by atoms with van der Waals surface area (Å²) in [6, 6.07) is 32.4. The normalized spacial score (nSPS) is 13.3. The second-order valence-corrected chi connectivity index (χ2v) is 13.0. The zero-order chi connectivity index (χ0) is 30.0. The number of hydrogen-bond donors (Lipinski definition) is 0. The molecule has 0 saturated carbocycles. The van der Waals surface area contributed by atoms with Crippen molar-refractivity contribution in [2.45, 2.75) is 85.5 Å². The number of aromatic nitrogens is 1. The Morgan fingerprint density at radius 2 is 1.40 bits per heavy atom. The molecule has 0 aliphatic heterocycles. The second kappa shape index (κ2) is 13.8. The molecule has 5 aromatic rings. The van der Waals surface area contributed by atoms with Gasteiger partial charge in [0.05, 0.1) is 0 Å². The van der Waals surface area contributed by atoms with Gasteiger partial charge in [-0.3, -0.25) is 4.98 Å². The van der Waals surface area contributed by atoms with Crippen molar-refractivity contribution in [2.75, 3.05) is 0 Å². The molecule has 0 N–H and O–H groups in total. The van der Waals surface area contributed by atoms with Crippen LogP contribution in [0.4, 0.5) is 0 Å². The SMILES string of the molecule is CC(C)Cc1cc2c3c(nccc3c1)-c1[c-]c3ccccc3cc1C2(C)C.CC(C)[N-]C([N-]C(C)C)c1ccccc1.[Ir+3]. The minimum Gasteiger partial charge on any atom is -0.672 e. The summed E-state index contributed by atoms with van der Waals surface area (Å²) in [7, 11) is 0. The molecule has 4 heteroatoms. The van der Waals surface area contributed by atoms with Gasteiger partial charge in [0.1, 0.15) is 0 Å². The average Bonchev–Trinajstić information content (AvgIpc) is 2.95. The predicted molar refractivity (Wildman–Crippen MR) is 180 cm³/mol. The van der Waals surface area contributed by atoms with Crippen LogP contribution in [0.5, 0.6) is 0 Å². The molecule has 0 spiro atoms. The first-order valence-electron chi connectivity index (χ1n) is 15.4. The minimum absolute atomic E-state index is 0. The molecule has 0 saturated heterocycles. The molecule has 0 fully saturated rings. The van der Waals surface area contributed by atoms with Gasteiger partial charge in [0.15, 0.2) is 0 Å². The van der Waals surface area contributed by atoms with E-state index in [4.69, 9.17) is 4.98 Å². The Morgan fingerprint density at radius 1 is 0.744 bits per heavy atom. The molecule has 0 amide bonds. The Hall–Kier alpha value is -2.88. The van der Waals surface area contributed by atoms with Crippen molar-refractivity contribution in [1.82, 2.24) is 4.98 Å². The monoisotopic (exact) mass is 747 g/mol. The molecule has 0 bridgehead atoms. The van der Waals surface area contributed by atoms with Crippen LogP contribution in [-0.4, -0.2) is 17.1 Å². The van der Waals surface area contributed by atoms with E-state index < -0.39 is 0 Å². The average molecular weight is 747 g/mol. The molecular formula is C39H44IrN3. The predicted octanol–water partition coefficient (Wildman–Crippen LogP) is 10.9. The summed E-state index contributed by atoms with van der Waals surface area (Å²) in [4.78, 5) is 4.81. The molecule has 1 aliphatic rings. The summed E-state index contributed by atoms with van der Waals surface area (Å²) < 4.78 is 0. The molecular weight excluding hydrogens is 703 g/mol. The maximum Gasteiger partial charge on any atom is 3.00 e. The Morgan fingerprint density at radius 3 is 2.05 bits per heavy atom. The molecule has 43 heavy (non-hydrogen) atoms. The Kier molecular flexibility index (Phi) is 10.6. The second-order valence-electron chi connectivity index (χ2n) is 13.0. The van der Waals surface area contributed by atoms with Gasteiger partial charge >= 0.3 is 20.1 Å². The maximum atomic E-state index is 4.81. The topological polar surface area (TPSA) is 41.1 Å². The number of benzene rings is 4. The number of fused-ring (bicyclic) bond motifs is 3. The van der Waals surface area contributed by atoms with Crippen LogP contribution in [0.3, 0.4) is 0 Å². The van der Waals surface area contributed by atoms with Crippen LogP contribution in [0.15, 0.2) is 85.1 Å².